The third kappa shape index (κ3) is 4.24. The van der Waals surface area contributed by atoms with Gasteiger partial charge in [-0.1, -0.05) is 0 Å². The van der Waals surface area contributed by atoms with E-state index < -0.39 is 0 Å². The lowest BCUT2D eigenvalue weighted by Gasteiger charge is -2.10. The van der Waals surface area contributed by atoms with E-state index in [1.165, 1.54) is 0 Å². The third-order valence-electron chi connectivity index (χ3n) is 2.08. The Hall–Kier alpha value is -0.610. The second-order valence-electron chi connectivity index (χ2n) is 3.18. The van der Waals surface area contributed by atoms with Crippen LogP contribution in [0, 0.1) is 0 Å². The van der Waals surface area contributed by atoms with E-state index in [0.717, 1.165) is 19.4 Å². The van der Waals surface area contributed by atoms with Gasteiger partial charge in [-0.05, 0) is 12.8 Å². The van der Waals surface area contributed by atoms with Gasteiger partial charge in [0.1, 0.15) is 0 Å². The van der Waals surface area contributed by atoms with Gasteiger partial charge in [0.25, 0.3) is 0 Å². The van der Waals surface area contributed by atoms with Crippen LogP contribution < -0.4 is 5.32 Å². The van der Waals surface area contributed by atoms with Crippen molar-refractivity contribution < 1.29 is 14.3 Å². The molecule has 13 heavy (non-hydrogen) atoms. The summed E-state index contributed by atoms with van der Waals surface area (Å²) in [7, 11) is 1.59. The van der Waals surface area contributed by atoms with Crippen molar-refractivity contribution in [3.63, 3.8) is 0 Å². The Kier molecular flexibility index (Phi) is 4.78. The first-order chi connectivity index (χ1) is 6.33. The Morgan fingerprint density at radius 1 is 1.69 bits per heavy atom. The molecule has 1 heterocycles. The van der Waals surface area contributed by atoms with Crippen LogP contribution in [0.25, 0.3) is 0 Å². The fourth-order valence-corrected chi connectivity index (χ4v) is 1.32. The minimum absolute atomic E-state index is 0.0392. The molecule has 0 aliphatic carbocycles. The lowest BCUT2D eigenvalue weighted by atomic mass is 10.2. The maximum Gasteiger partial charge on any atom is 0.222 e. The monoisotopic (exact) mass is 187 g/mol. The number of nitrogens with one attached hydrogen (secondary N) is 1. The molecule has 4 heteroatoms. The largest absolute Gasteiger partial charge is 0.384 e. The van der Waals surface area contributed by atoms with Crippen molar-refractivity contribution in [3.8, 4) is 0 Å². The van der Waals surface area contributed by atoms with Gasteiger partial charge in [-0.2, -0.15) is 0 Å². The van der Waals surface area contributed by atoms with Gasteiger partial charge in [-0.15, -0.1) is 0 Å². The molecule has 4 nitrogen and oxygen atoms in total. The second kappa shape index (κ2) is 5.94. The zero-order chi connectivity index (χ0) is 9.52. The first-order valence-electron chi connectivity index (χ1n) is 4.70. The van der Waals surface area contributed by atoms with Crippen molar-refractivity contribution in [2.24, 2.45) is 0 Å². The number of amides is 1. The van der Waals surface area contributed by atoms with Gasteiger partial charge in [-0.3, -0.25) is 4.79 Å². The molecule has 1 aliphatic rings. The van der Waals surface area contributed by atoms with Gasteiger partial charge in [0.15, 0.2) is 0 Å². The molecule has 1 fully saturated rings. The van der Waals surface area contributed by atoms with Crippen LogP contribution >= 0.6 is 0 Å². The van der Waals surface area contributed by atoms with Gasteiger partial charge in [0, 0.05) is 26.7 Å². The molecule has 1 atom stereocenters. The van der Waals surface area contributed by atoms with Crippen molar-refractivity contribution in [1.82, 2.24) is 5.32 Å². The number of methoxy groups -OCH3 is 1. The van der Waals surface area contributed by atoms with E-state index in [2.05, 4.69) is 5.32 Å². The second-order valence-corrected chi connectivity index (χ2v) is 3.18. The zero-order valence-electron chi connectivity index (χ0n) is 8.04. The fraction of sp³-hybridized carbons (Fsp3) is 0.889. The van der Waals surface area contributed by atoms with E-state index in [9.17, 15) is 4.79 Å². The van der Waals surface area contributed by atoms with Gasteiger partial charge in [0.2, 0.25) is 5.91 Å². The molecule has 0 bridgehead atoms. The van der Waals surface area contributed by atoms with Gasteiger partial charge < -0.3 is 14.8 Å². The molecule has 1 unspecified atom stereocenters. The van der Waals surface area contributed by atoms with Crippen LogP contribution in [-0.4, -0.2) is 38.9 Å². The Labute approximate surface area is 78.6 Å². The van der Waals surface area contributed by atoms with E-state index in [1.807, 2.05) is 0 Å². The molecule has 1 rings (SSSR count). The molecule has 0 spiro atoms. The van der Waals surface area contributed by atoms with Crippen LogP contribution in [-0.2, 0) is 14.3 Å². The summed E-state index contributed by atoms with van der Waals surface area (Å²) < 4.78 is 10.2. The highest BCUT2D eigenvalue weighted by Gasteiger charge is 2.15. The fourth-order valence-electron chi connectivity index (χ4n) is 1.32. The van der Waals surface area contributed by atoms with Crippen LogP contribution in [0.5, 0.6) is 0 Å². The summed E-state index contributed by atoms with van der Waals surface area (Å²) in [5, 5.41) is 2.82. The van der Waals surface area contributed by atoms with E-state index in [1.54, 1.807) is 7.11 Å². The normalized spacial score (nSPS) is 21.8. The molecular weight excluding hydrogens is 170 g/mol. The van der Waals surface area contributed by atoms with Gasteiger partial charge >= 0.3 is 0 Å². The number of ether oxygens (including phenoxy) is 2. The maximum atomic E-state index is 11.1. The Morgan fingerprint density at radius 2 is 2.54 bits per heavy atom. The van der Waals surface area contributed by atoms with Gasteiger partial charge in [-0.25, -0.2) is 0 Å². The summed E-state index contributed by atoms with van der Waals surface area (Å²) >= 11 is 0. The minimum atomic E-state index is 0.0392. The standard InChI is InChI=1S/C9H17NO3/c1-12-6-4-9(11)10-7-8-3-2-5-13-8/h8H,2-7H2,1H3,(H,10,11). The van der Waals surface area contributed by atoms with Crippen molar-refractivity contribution in [1.29, 1.82) is 0 Å². The average molecular weight is 187 g/mol. The molecule has 0 radical (unpaired) electrons. The number of rotatable bonds is 5. The quantitative estimate of drug-likeness (QED) is 0.674. The highest BCUT2D eigenvalue weighted by molar-refractivity contribution is 5.75. The number of hydrogen-bond donors (Lipinski definition) is 1. The summed E-state index contributed by atoms with van der Waals surface area (Å²) in [5.74, 6) is 0.0392. The SMILES string of the molecule is COCCC(=O)NCC1CCCO1. The smallest absolute Gasteiger partial charge is 0.222 e. The molecule has 76 valence electrons. The third-order valence-corrected chi connectivity index (χ3v) is 2.08. The van der Waals surface area contributed by atoms with E-state index in [4.69, 9.17) is 9.47 Å². The molecule has 1 saturated heterocycles. The molecule has 1 aliphatic heterocycles. The van der Waals surface area contributed by atoms with Crippen LogP contribution in [0.15, 0.2) is 0 Å². The summed E-state index contributed by atoms with van der Waals surface area (Å²) in [4.78, 5) is 11.1. The average Bonchev–Trinajstić information content (AvgIpc) is 2.64. The summed E-state index contributed by atoms with van der Waals surface area (Å²) in [6, 6.07) is 0. The molecule has 0 aromatic rings. The van der Waals surface area contributed by atoms with Crippen molar-refractivity contribution >= 4 is 5.91 Å². The van der Waals surface area contributed by atoms with Crippen LogP contribution in [0.4, 0.5) is 0 Å². The summed E-state index contributed by atoms with van der Waals surface area (Å²) in [5.41, 5.74) is 0. The van der Waals surface area contributed by atoms with Crippen molar-refractivity contribution in [2.45, 2.75) is 25.4 Å². The Morgan fingerprint density at radius 3 is 3.15 bits per heavy atom. The molecule has 0 aromatic heterocycles. The first kappa shape index (κ1) is 10.5. The first-order valence-corrected chi connectivity index (χ1v) is 4.70. The summed E-state index contributed by atoms with van der Waals surface area (Å²) in [6.07, 6.45) is 2.83. The van der Waals surface area contributed by atoms with Crippen LogP contribution in [0.2, 0.25) is 0 Å². The number of hydrogen-bond acceptors (Lipinski definition) is 3. The van der Waals surface area contributed by atoms with Crippen molar-refractivity contribution in [3.05, 3.63) is 0 Å². The molecular formula is C9H17NO3. The highest BCUT2D eigenvalue weighted by Crippen LogP contribution is 2.10. The Bertz CT molecular complexity index is 155. The predicted molar refractivity (Wildman–Crippen MR) is 48.5 cm³/mol. The van der Waals surface area contributed by atoms with Crippen molar-refractivity contribution in [2.75, 3.05) is 26.9 Å². The molecule has 1 N–H and O–H groups in total. The number of carbonyl (C=O) groups is 1. The topological polar surface area (TPSA) is 47.6 Å². The lowest BCUT2D eigenvalue weighted by molar-refractivity contribution is -0.122. The highest BCUT2D eigenvalue weighted by atomic mass is 16.5. The maximum absolute atomic E-state index is 11.1. The van der Waals surface area contributed by atoms with Gasteiger partial charge in [0.05, 0.1) is 12.7 Å². The van der Waals surface area contributed by atoms with E-state index in [-0.39, 0.29) is 12.0 Å². The minimum Gasteiger partial charge on any atom is -0.384 e. The molecule has 1 amide bonds. The zero-order valence-corrected chi connectivity index (χ0v) is 8.04. The lowest BCUT2D eigenvalue weighted by Crippen LogP contribution is -2.32. The Balaban J connectivity index is 2.00. The van der Waals surface area contributed by atoms with Crippen LogP contribution in [0.3, 0.4) is 0 Å². The number of carbonyl (C=O) groups excluding carboxylic acids is 1. The summed E-state index contributed by atoms with van der Waals surface area (Å²) in [6.45, 7) is 1.96. The van der Waals surface area contributed by atoms with E-state index >= 15 is 0 Å². The van der Waals surface area contributed by atoms with Crippen LogP contribution in [0.1, 0.15) is 19.3 Å². The molecule has 0 aromatic carbocycles. The predicted octanol–water partition coefficient (Wildman–Crippen LogP) is 0.318. The van der Waals surface area contributed by atoms with E-state index in [0.29, 0.717) is 19.6 Å². The molecule has 0 saturated carbocycles.